The van der Waals surface area contributed by atoms with Crippen LogP contribution in [-0.4, -0.2) is 83.1 Å². The number of amides is 3. The van der Waals surface area contributed by atoms with Gasteiger partial charge in [-0.1, -0.05) is 6.08 Å². The predicted molar refractivity (Wildman–Crippen MR) is 71.3 cm³/mol. The number of hydrogen-bond acceptors (Lipinski definition) is 5. The number of nitrogens with two attached hydrogens (primary N) is 1. The molecule has 1 saturated heterocycles. The molecule has 0 spiro atoms. The van der Waals surface area contributed by atoms with E-state index >= 15 is 0 Å². The third-order valence-corrected chi connectivity index (χ3v) is 3.97. The number of hydrogen-bond donors (Lipinski definition) is 2. The maximum absolute atomic E-state index is 12.1. The van der Waals surface area contributed by atoms with Crippen molar-refractivity contribution in [3.05, 3.63) is 11.6 Å². The zero-order valence-electron chi connectivity index (χ0n) is 10.3. The van der Waals surface area contributed by atoms with Crippen LogP contribution in [0.1, 0.15) is 12.8 Å². The summed E-state index contributed by atoms with van der Waals surface area (Å²) in [7, 11) is -4.81. The van der Waals surface area contributed by atoms with Crippen molar-refractivity contribution >= 4 is 51.9 Å². The molecule has 9 nitrogen and oxygen atoms in total. The van der Waals surface area contributed by atoms with Crippen LogP contribution in [0.4, 0.5) is 4.79 Å². The van der Waals surface area contributed by atoms with Gasteiger partial charge in [-0.05, 0) is 24.3 Å². The summed E-state index contributed by atoms with van der Waals surface area (Å²) < 4.78 is 34.5. The Morgan fingerprint density at radius 3 is 2.52 bits per heavy atom. The molecule has 11 heteroatoms. The van der Waals surface area contributed by atoms with Gasteiger partial charge in [0, 0.05) is 0 Å². The molecule has 2 heterocycles. The van der Waals surface area contributed by atoms with Crippen molar-refractivity contribution in [2.45, 2.75) is 24.9 Å². The molecule has 3 aliphatic rings. The Bertz CT molecular complexity index is 616. The van der Waals surface area contributed by atoms with Crippen LogP contribution in [0.2, 0.25) is 0 Å². The summed E-state index contributed by atoms with van der Waals surface area (Å²) in [6.07, 6.45) is 3.45. The number of hydroxylamine groups is 2. The zero-order valence-corrected chi connectivity index (χ0v) is 11.1. The summed E-state index contributed by atoms with van der Waals surface area (Å²) in [5, 5.41) is 0.556. The standard InChI is InChI=1S/C10H13N3O6S.Na.H/c11-9(14)8-7(5-1-2-5)3-6-4-12(8)10(15)13(6)19-20(16,17)18;;/h3,5-6,8H,1-2,4H2,(H2,11,14)(H,16,17,18);;. The first-order chi connectivity index (χ1) is 9.28. The summed E-state index contributed by atoms with van der Waals surface area (Å²) in [6, 6.07) is -2.33. The summed E-state index contributed by atoms with van der Waals surface area (Å²) in [4.78, 5) is 24.8. The molecule has 21 heavy (non-hydrogen) atoms. The van der Waals surface area contributed by atoms with Crippen molar-refractivity contribution in [2.75, 3.05) is 6.54 Å². The van der Waals surface area contributed by atoms with Crippen LogP contribution in [0, 0.1) is 5.92 Å². The van der Waals surface area contributed by atoms with E-state index in [1.54, 1.807) is 6.08 Å². The van der Waals surface area contributed by atoms with Crippen molar-refractivity contribution in [1.29, 1.82) is 0 Å². The number of urea groups is 1. The Labute approximate surface area is 143 Å². The van der Waals surface area contributed by atoms with Gasteiger partial charge in [0.15, 0.2) is 0 Å². The maximum atomic E-state index is 12.1. The van der Waals surface area contributed by atoms with E-state index in [0.29, 0.717) is 5.06 Å². The number of carbonyl (C=O) groups is 2. The molecule has 1 saturated carbocycles. The monoisotopic (exact) mass is 327 g/mol. The number of fused-ring (bicyclic) bond motifs is 2. The Hall–Kier alpha value is -0.650. The average Bonchev–Trinajstić information content (AvgIpc) is 3.13. The first-order valence-corrected chi connectivity index (χ1v) is 7.42. The van der Waals surface area contributed by atoms with Crippen LogP contribution < -0.4 is 5.73 Å². The molecule has 0 aromatic rings. The van der Waals surface area contributed by atoms with Crippen LogP contribution in [0.25, 0.3) is 0 Å². The molecule has 1 aliphatic carbocycles. The summed E-state index contributed by atoms with van der Waals surface area (Å²) in [6.45, 7) is 0.0954. The van der Waals surface area contributed by atoms with Crippen LogP contribution in [0.3, 0.4) is 0 Å². The van der Waals surface area contributed by atoms with Crippen molar-refractivity contribution in [3.63, 3.8) is 0 Å². The first kappa shape index (κ1) is 16.7. The molecular formula is C10H14N3NaO6S. The molecule has 0 aromatic heterocycles. The molecule has 3 amide bonds. The van der Waals surface area contributed by atoms with Gasteiger partial charge < -0.3 is 10.6 Å². The van der Waals surface area contributed by atoms with E-state index in [1.165, 1.54) is 4.90 Å². The molecule has 2 unspecified atom stereocenters. The van der Waals surface area contributed by atoms with E-state index in [-0.39, 0.29) is 42.0 Å². The van der Waals surface area contributed by atoms with E-state index < -0.39 is 34.4 Å². The Morgan fingerprint density at radius 1 is 1.43 bits per heavy atom. The molecule has 112 valence electrons. The van der Waals surface area contributed by atoms with Crippen LogP contribution in [0.15, 0.2) is 11.6 Å². The van der Waals surface area contributed by atoms with Gasteiger partial charge in [-0.3, -0.25) is 9.35 Å². The number of rotatable bonds is 4. The van der Waals surface area contributed by atoms with Crippen molar-refractivity contribution in [1.82, 2.24) is 9.96 Å². The second-order valence-corrected chi connectivity index (χ2v) is 6.08. The summed E-state index contributed by atoms with van der Waals surface area (Å²) >= 11 is 0. The first-order valence-electron chi connectivity index (χ1n) is 6.05. The fourth-order valence-electron chi connectivity index (χ4n) is 2.73. The zero-order chi connectivity index (χ0) is 14.7. The fourth-order valence-corrected chi connectivity index (χ4v) is 3.11. The van der Waals surface area contributed by atoms with E-state index in [2.05, 4.69) is 4.28 Å². The molecular weight excluding hydrogens is 313 g/mol. The normalized spacial score (nSPS) is 28.2. The molecule has 0 aromatic carbocycles. The van der Waals surface area contributed by atoms with Crippen molar-refractivity contribution in [3.8, 4) is 0 Å². The molecule has 2 atom stereocenters. The van der Waals surface area contributed by atoms with Crippen molar-refractivity contribution in [2.24, 2.45) is 11.7 Å². The van der Waals surface area contributed by atoms with Gasteiger partial charge in [0.1, 0.15) is 6.04 Å². The van der Waals surface area contributed by atoms with Gasteiger partial charge in [0.2, 0.25) is 5.91 Å². The minimum absolute atomic E-state index is 0. The van der Waals surface area contributed by atoms with Crippen LogP contribution in [0.5, 0.6) is 0 Å². The van der Waals surface area contributed by atoms with E-state index in [1.807, 2.05) is 0 Å². The van der Waals surface area contributed by atoms with Gasteiger partial charge in [0.25, 0.3) is 0 Å². The predicted octanol–water partition coefficient (Wildman–Crippen LogP) is -1.62. The summed E-state index contributed by atoms with van der Waals surface area (Å²) in [5.41, 5.74) is 6.07. The van der Waals surface area contributed by atoms with E-state index in [4.69, 9.17) is 10.3 Å². The SMILES string of the molecule is NC(=O)C1C(C2CC2)=CC2CN1C(=O)N2OS(=O)(=O)O.[NaH]. The van der Waals surface area contributed by atoms with Gasteiger partial charge in [-0.15, -0.1) is 4.28 Å². The molecule has 2 fully saturated rings. The molecule has 3 N–H and O–H groups in total. The fraction of sp³-hybridized carbons (Fsp3) is 0.600. The van der Waals surface area contributed by atoms with Gasteiger partial charge in [-0.25, -0.2) is 4.79 Å². The van der Waals surface area contributed by atoms with E-state index in [9.17, 15) is 18.0 Å². The number of primary amides is 1. The Balaban J connectivity index is 0.00000161. The number of nitrogens with zero attached hydrogens (tertiary/aromatic N) is 2. The third kappa shape index (κ3) is 3.10. The molecule has 2 bridgehead atoms. The van der Waals surface area contributed by atoms with Gasteiger partial charge >= 0.3 is 46.0 Å². The van der Waals surface area contributed by atoms with Crippen molar-refractivity contribution < 1.29 is 26.8 Å². The average molecular weight is 327 g/mol. The molecule has 3 rings (SSSR count). The topological polar surface area (TPSA) is 130 Å². The molecule has 0 radical (unpaired) electrons. The minimum atomic E-state index is -4.81. The molecule has 2 aliphatic heterocycles. The number of carbonyl (C=O) groups excluding carboxylic acids is 2. The Kier molecular flexibility index (Phi) is 4.40. The quantitative estimate of drug-likeness (QED) is 0.363. The van der Waals surface area contributed by atoms with E-state index in [0.717, 1.165) is 18.4 Å². The summed E-state index contributed by atoms with van der Waals surface area (Å²) in [5.74, 6) is -0.472. The van der Waals surface area contributed by atoms with Gasteiger partial charge in [0.05, 0.1) is 12.6 Å². The van der Waals surface area contributed by atoms with Gasteiger partial charge in [-0.2, -0.15) is 13.5 Å². The second kappa shape index (κ2) is 5.52. The van der Waals surface area contributed by atoms with Crippen LogP contribution in [-0.2, 0) is 19.5 Å². The van der Waals surface area contributed by atoms with Crippen LogP contribution >= 0.6 is 0 Å². The second-order valence-electron chi connectivity index (χ2n) is 5.08. The third-order valence-electron chi connectivity index (χ3n) is 3.62. The Morgan fingerprint density at radius 2 is 2.05 bits per heavy atom.